The number of rotatable bonds is 6. The van der Waals surface area contributed by atoms with Gasteiger partial charge in [-0.05, 0) is 30.7 Å². The molecule has 0 fully saturated rings. The smallest absolute Gasteiger partial charge is 0.146 e. The van der Waals surface area contributed by atoms with Gasteiger partial charge in [0.1, 0.15) is 23.9 Å². The van der Waals surface area contributed by atoms with Gasteiger partial charge in [-0.3, -0.25) is 0 Å². The zero-order chi connectivity index (χ0) is 15.4. The Bertz CT molecular complexity index is 608. The molecule has 0 saturated carbocycles. The summed E-state index contributed by atoms with van der Waals surface area (Å²) in [4.78, 5) is 0. The van der Waals surface area contributed by atoms with Crippen LogP contribution in [0.3, 0.4) is 0 Å². The van der Waals surface area contributed by atoms with E-state index >= 15 is 0 Å². The molecule has 1 aromatic carbocycles. The van der Waals surface area contributed by atoms with Crippen LogP contribution in [0, 0.1) is 6.92 Å². The van der Waals surface area contributed by atoms with Gasteiger partial charge in [0.2, 0.25) is 0 Å². The molecular formula is C16H19Cl2NO2. The number of halogens is 2. The lowest BCUT2D eigenvalue weighted by atomic mass is 10.2. The molecule has 2 aromatic rings. The van der Waals surface area contributed by atoms with Crippen molar-refractivity contribution in [2.75, 3.05) is 0 Å². The maximum absolute atomic E-state index is 6.06. The van der Waals surface area contributed by atoms with Gasteiger partial charge < -0.3 is 14.5 Å². The first-order valence-electron chi connectivity index (χ1n) is 6.85. The van der Waals surface area contributed by atoms with Crippen LogP contribution in [0.1, 0.15) is 30.9 Å². The standard InChI is InChI=1S/C16H19Cl2NO2/c1-10(2)19-8-16-11(3)6-13(21-16)9-20-15-7-12(17)4-5-14(15)18/h4-7,10,19H,8-9H2,1-3H3. The molecule has 3 nitrogen and oxygen atoms in total. The van der Waals surface area contributed by atoms with Crippen LogP contribution in [0.25, 0.3) is 0 Å². The van der Waals surface area contributed by atoms with E-state index in [4.69, 9.17) is 32.4 Å². The first-order valence-corrected chi connectivity index (χ1v) is 7.60. The summed E-state index contributed by atoms with van der Waals surface area (Å²) in [6, 6.07) is 7.53. The lowest BCUT2D eigenvalue weighted by Gasteiger charge is -2.07. The molecule has 1 heterocycles. The summed E-state index contributed by atoms with van der Waals surface area (Å²) in [5.41, 5.74) is 1.11. The second-order valence-corrected chi connectivity index (χ2v) is 6.06. The van der Waals surface area contributed by atoms with Crippen LogP contribution in [0.2, 0.25) is 10.0 Å². The highest BCUT2D eigenvalue weighted by Crippen LogP contribution is 2.28. The lowest BCUT2D eigenvalue weighted by Crippen LogP contribution is -2.21. The summed E-state index contributed by atoms with van der Waals surface area (Å²) in [5, 5.41) is 4.45. The van der Waals surface area contributed by atoms with Gasteiger partial charge >= 0.3 is 0 Å². The molecule has 0 aliphatic heterocycles. The Morgan fingerprint density at radius 2 is 2.00 bits per heavy atom. The summed E-state index contributed by atoms with van der Waals surface area (Å²) in [6.45, 7) is 7.26. The van der Waals surface area contributed by atoms with Crippen molar-refractivity contribution in [3.8, 4) is 5.75 Å². The molecule has 0 radical (unpaired) electrons. The SMILES string of the molecule is Cc1cc(COc2cc(Cl)ccc2Cl)oc1CNC(C)C. The first-order chi connectivity index (χ1) is 9.95. The highest BCUT2D eigenvalue weighted by Gasteiger charge is 2.10. The molecule has 0 amide bonds. The minimum Gasteiger partial charge on any atom is -0.484 e. The van der Waals surface area contributed by atoms with Crippen molar-refractivity contribution in [3.05, 3.63) is 51.4 Å². The van der Waals surface area contributed by atoms with Crippen molar-refractivity contribution < 1.29 is 9.15 Å². The number of ether oxygens (including phenoxy) is 1. The van der Waals surface area contributed by atoms with E-state index in [1.54, 1.807) is 18.2 Å². The van der Waals surface area contributed by atoms with Crippen molar-refractivity contribution in [1.29, 1.82) is 0 Å². The number of furan rings is 1. The van der Waals surface area contributed by atoms with E-state index in [1.165, 1.54) is 0 Å². The van der Waals surface area contributed by atoms with Crippen molar-refractivity contribution in [1.82, 2.24) is 5.32 Å². The van der Waals surface area contributed by atoms with E-state index in [0.717, 1.165) is 17.1 Å². The lowest BCUT2D eigenvalue weighted by molar-refractivity contribution is 0.264. The Morgan fingerprint density at radius 1 is 1.24 bits per heavy atom. The van der Waals surface area contributed by atoms with E-state index in [0.29, 0.717) is 35.0 Å². The van der Waals surface area contributed by atoms with Gasteiger partial charge in [0.25, 0.3) is 0 Å². The monoisotopic (exact) mass is 327 g/mol. The fraction of sp³-hybridized carbons (Fsp3) is 0.375. The van der Waals surface area contributed by atoms with Crippen LogP contribution in [0.15, 0.2) is 28.7 Å². The minimum atomic E-state index is 0.322. The molecular weight excluding hydrogens is 309 g/mol. The van der Waals surface area contributed by atoms with E-state index in [9.17, 15) is 0 Å². The fourth-order valence-corrected chi connectivity index (χ4v) is 2.20. The molecule has 0 saturated heterocycles. The third-order valence-electron chi connectivity index (χ3n) is 3.01. The molecule has 114 valence electrons. The van der Waals surface area contributed by atoms with E-state index in [-0.39, 0.29) is 0 Å². The van der Waals surface area contributed by atoms with Crippen LogP contribution >= 0.6 is 23.2 Å². The third-order valence-corrected chi connectivity index (χ3v) is 3.55. The summed E-state index contributed by atoms with van der Waals surface area (Å²) < 4.78 is 11.5. The van der Waals surface area contributed by atoms with Crippen molar-refractivity contribution in [2.24, 2.45) is 0 Å². The highest BCUT2D eigenvalue weighted by atomic mass is 35.5. The highest BCUT2D eigenvalue weighted by molar-refractivity contribution is 6.34. The maximum Gasteiger partial charge on any atom is 0.146 e. The summed E-state index contributed by atoms with van der Waals surface area (Å²) >= 11 is 12.0. The summed E-state index contributed by atoms with van der Waals surface area (Å²) in [5.74, 6) is 2.25. The molecule has 0 unspecified atom stereocenters. The molecule has 0 aliphatic rings. The van der Waals surface area contributed by atoms with E-state index < -0.39 is 0 Å². The van der Waals surface area contributed by atoms with Gasteiger partial charge in [-0.2, -0.15) is 0 Å². The number of hydrogen-bond acceptors (Lipinski definition) is 3. The van der Waals surface area contributed by atoms with Gasteiger partial charge in [0, 0.05) is 17.1 Å². The van der Waals surface area contributed by atoms with E-state index in [1.807, 2.05) is 13.0 Å². The quantitative estimate of drug-likeness (QED) is 0.813. The average molecular weight is 328 g/mol. The normalized spacial score (nSPS) is 11.1. The molecule has 0 spiro atoms. The number of benzene rings is 1. The summed E-state index contributed by atoms with van der Waals surface area (Å²) in [6.07, 6.45) is 0. The molecule has 2 rings (SSSR count). The van der Waals surface area contributed by atoms with E-state index in [2.05, 4.69) is 19.2 Å². The van der Waals surface area contributed by atoms with Crippen molar-refractivity contribution >= 4 is 23.2 Å². The van der Waals surface area contributed by atoms with Gasteiger partial charge in [-0.25, -0.2) is 0 Å². The molecule has 1 N–H and O–H groups in total. The largest absolute Gasteiger partial charge is 0.484 e. The predicted octanol–water partition coefficient (Wildman–Crippen LogP) is 4.97. The van der Waals surface area contributed by atoms with Gasteiger partial charge in [0.05, 0.1) is 11.6 Å². The number of hydrogen-bond donors (Lipinski definition) is 1. The van der Waals surface area contributed by atoms with Crippen LogP contribution in [-0.2, 0) is 13.2 Å². The molecule has 0 bridgehead atoms. The Morgan fingerprint density at radius 3 is 2.71 bits per heavy atom. The Kier molecular flexibility index (Phi) is 5.57. The minimum absolute atomic E-state index is 0.322. The maximum atomic E-state index is 6.06. The molecule has 5 heteroatoms. The van der Waals surface area contributed by atoms with Crippen LogP contribution < -0.4 is 10.1 Å². The third kappa shape index (κ3) is 4.67. The van der Waals surface area contributed by atoms with Crippen molar-refractivity contribution in [2.45, 2.75) is 40.0 Å². The predicted molar refractivity (Wildman–Crippen MR) is 86.2 cm³/mol. The Labute approximate surface area is 135 Å². The number of nitrogens with one attached hydrogen (secondary N) is 1. The van der Waals surface area contributed by atoms with Crippen molar-refractivity contribution in [3.63, 3.8) is 0 Å². The van der Waals surface area contributed by atoms with Crippen LogP contribution in [-0.4, -0.2) is 6.04 Å². The fourth-order valence-electron chi connectivity index (χ4n) is 1.87. The zero-order valence-electron chi connectivity index (χ0n) is 12.4. The Hall–Kier alpha value is -1.16. The number of aryl methyl sites for hydroxylation is 1. The Balaban J connectivity index is 2.00. The van der Waals surface area contributed by atoms with Gasteiger partial charge in [0.15, 0.2) is 0 Å². The molecule has 21 heavy (non-hydrogen) atoms. The molecule has 1 aromatic heterocycles. The first kappa shape index (κ1) is 16.2. The van der Waals surface area contributed by atoms with Crippen LogP contribution in [0.4, 0.5) is 0 Å². The summed E-state index contributed by atoms with van der Waals surface area (Å²) in [7, 11) is 0. The second-order valence-electron chi connectivity index (χ2n) is 5.22. The van der Waals surface area contributed by atoms with Crippen LogP contribution in [0.5, 0.6) is 5.75 Å². The molecule has 0 atom stereocenters. The molecule has 0 aliphatic carbocycles. The van der Waals surface area contributed by atoms with Gasteiger partial charge in [-0.15, -0.1) is 0 Å². The average Bonchev–Trinajstić information content (AvgIpc) is 2.78. The van der Waals surface area contributed by atoms with Gasteiger partial charge in [-0.1, -0.05) is 37.0 Å². The zero-order valence-corrected chi connectivity index (χ0v) is 13.9. The second kappa shape index (κ2) is 7.21. The topological polar surface area (TPSA) is 34.4 Å².